The molecule has 1 aromatic carbocycles. The van der Waals surface area contributed by atoms with Gasteiger partial charge in [-0.1, -0.05) is 12.1 Å². The lowest BCUT2D eigenvalue weighted by Crippen LogP contribution is -2.13. The summed E-state index contributed by atoms with van der Waals surface area (Å²) in [6.45, 7) is 0.750. The molecule has 1 saturated carbocycles. The van der Waals surface area contributed by atoms with E-state index in [1.165, 1.54) is 24.3 Å². The second kappa shape index (κ2) is 7.62. The summed E-state index contributed by atoms with van der Waals surface area (Å²) in [6.07, 6.45) is 1.41. The summed E-state index contributed by atoms with van der Waals surface area (Å²) in [5, 5.41) is 9.00. The van der Waals surface area contributed by atoms with Crippen LogP contribution in [-0.2, 0) is 22.4 Å². The van der Waals surface area contributed by atoms with Gasteiger partial charge in [-0.3, -0.25) is 0 Å². The Kier molecular flexibility index (Phi) is 6.07. The summed E-state index contributed by atoms with van der Waals surface area (Å²) < 4.78 is 34.6. The molecule has 1 aliphatic rings. The van der Waals surface area contributed by atoms with Crippen molar-refractivity contribution in [3.05, 3.63) is 29.8 Å². The van der Waals surface area contributed by atoms with Gasteiger partial charge in [0, 0.05) is 7.11 Å². The van der Waals surface area contributed by atoms with Crippen molar-refractivity contribution in [1.29, 1.82) is 0 Å². The van der Waals surface area contributed by atoms with Crippen LogP contribution < -0.4 is 0 Å². The molecule has 0 atom stereocenters. The number of carbonyl (C=O) groups is 1. The highest BCUT2D eigenvalue weighted by Crippen LogP contribution is 2.33. The molecule has 0 saturated heterocycles. The average Bonchev–Trinajstić information content (AvgIpc) is 3.32. The molecule has 0 aromatic heterocycles. The maximum absolute atomic E-state index is 12.1. The van der Waals surface area contributed by atoms with Crippen molar-refractivity contribution < 1.29 is 26.1 Å². The standard InChI is InChI=1S/C14H17IO6S/c1-20-8-9-21-15-13(14(16)17)10-2-4-11(5-3-10)22(18,19)12-6-7-12/h2-5,12H,6-9H2,1H3,(H,16,17). The Morgan fingerprint density at radius 2 is 1.91 bits per heavy atom. The van der Waals surface area contributed by atoms with Crippen LogP contribution in [0.15, 0.2) is 29.2 Å². The van der Waals surface area contributed by atoms with Gasteiger partial charge in [0.1, 0.15) is 3.51 Å². The Bertz CT molecular complexity index is 661. The molecular formula is C14H17IO6S. The van der Waals surface area contributed by atoms with Gasteiger partial charge in [0.2, 0.25) is 0 Å². The third-order valence-electron chi connectivity index (χ3n) is 3.08. The third kappa shape index (κ3) is 4.34. The second-order valence-electron chi connectivity index (χ2n) is 4.77. The van der Waals surface area contributed by atoms with E-state index in [1.807, 2.05) is 0 Å². The van der Waals surface area contributed by atoms with Crippen molar-refractivity contribution in [2.24, 2.45) is 0 Å². The van der Waals surface area contributed by atoms with E-state index in [0.29, 0.717) is 31.6 Å². The number of carboxylic acid groups (broad SMARTS) is 1. The molecule has 0 heterocycles. The number of sulfone groups is 1. The molecule has 0 spiro atoms. The first-order valence-corrected chi connectivity index (χ1v) is 10.2. The van der Waals surface area contributed by atoms with Crippen molar-refractivity contribution in [1.82, 2.24) is 0 Å². The minimum absolute atomic E-state index is 0.199. The Balaban J connectivity index is 2.17. The largest absolute Gasteiger partial charge is 0.477 e. The predicted octanol–water partition coefficient (Wildman–Crippen LogP) is 1.78. The van der Waals surface area contributed by atoms with Gasteiger partial charge in [-0.2, -0.15) is 0 Å². The van der Waals surface area contributed by atoms with Crippen LogP contribution >= 0.6 is 21.1 Å². The van der Waals surface area contributed by atoms with E-state index < -0.39 is 37.0 Å². The normalized spacial score (nSPS) is 16.1. The zero-order chi connectivity index (χ0) is 16.2. The molecule has 0 bridgehead atoms. The predicted molar refractivity (Wildman–Crippen MR) is 90.2 cm³/mol. The molecule has 2 rings (SSSR count). The van der Waals surface area contributed by atoms with Crippen LogP contribution in [0.2, 0.25) is 0 Å². The summed E-state index contributed by atoms with van der Waals surface area (Å²) in [6, 6.07) is 6.03. The van der Waals surface area contributed by atoms with E-state index in [-0.39, 0.29) is 13.7 Å². The lowest BCUT2D eigenvalue weighted by atomic mass is 10.2. The first-order valence-electron chi connectivity index (χ1n) is 6.67. The highest BCUT2D eigenvalue weighted by atomic mass is 127. The van der Waals surface area contributed by atoms with Crippen molar-refractivity contribution >= 4 is 40.5 Å². The molecule has 0 radical (unpaired) electrons. The minimum atomic E-state index is -3.25. The maximum atomic E-state index is 12.1. The van der Waals surface area contributed by atoms with E-state index in [4.69, 9.17) is 7.80 Å². The molecular weight excluding hydrogens is 423 g/mol. The molecule has 0 unspecified atom stereocenters. The lowest BCUT2D eigenvalue weighted by molar-refractivity contribution is -0.129. The molecule has 6 nitrogen and oxygen atoms in total. The molecule has 1 aromatic rings. The fourth-order valence-electron chi connectivity index (χ4n) is 1.77. The molecule has 0 amide bonds. The van der Waals surface area contributed by atoms with Gasteiger partial charge in [0.05, 0.1) is 44.5 Å². The van der Waals surface area contributed by atoms with E-state index in [9.17, 15) is 18.3 Å². The van der Waals surface area contributed by atoms with Crippen LogP contribution in [0, 0.1) is 0 Å². The molecule has 122 valence electrons. The number of benzene rings is 1. The van der Waals surface area contributed by atoms with Crippen molar-refractivity contribution in [3.8, 4) is 0 Å². The van der Waals surface area contributed by atoms with Gasteiger partial charge in [-0.15, -0.1) is 0 Å². The smallest absolute Gasteiger partial charge is 0.344 e. The number of rotatable bonds is 8. The second-order valence-corrected chi connectivity index (χ2v) is 9.14. The van der Waals surface area contributed by atoms with Gasteiger partial charge in [-0.05, 0) is 30.5 Å². The van der Waals surface area contributed by atoms with E-state index in [1.54, 1.807) is 7.11 Å². The molecule has 1 N–H and O–H groups in total. The minimum Gasteiger partial charge on any atom is -0.477 e. The van der Waals surface area contributed by atoms with Gasteiger partial charge < -0.3 is 12.9 Å². The quantitative estimate of drug-likeness (QED) is 0.490. The van der Waals surface area contributed by atoms with E-state index in [2.05, 4.69) is 0 Å². The van der Waals surface area contributed by atoms with E-state index >= 15 is 0 Å². The van der Waals surface area contributed by atoms with Crippen LogP contribution in [0.4, 0.5) is 0 Å². The maximum Gasteiger partial charge on any atom is 0.344 e. The highest BCUT2D eigenvalue weighted by Gasteiger charge is 2.36. The van der Waals surface area contributed by atoms with Gasteiger partial charge in [0.15, 0.2) is 9.84 Å². The highest BCUT2D eigenvalue weighted by molar-refractivity contribution is 14.2. The summed E-state index contributed by atoms with van der Waals surface area (Å²) in [5.41, 5.74) is 0.493. The third-order valence-corrected chi connectivity index (χ3v) is 7.64. The SMILES string of the molecule is COCCOI=C(C(=O)O)c1ccc(S(=O)(=O)C2CC2)cc1. The fraction of sp³-hybridized carbons (Fsp3) is 0.429. The van der Waals surface area contributed by atoms with Crippen LogP contribution in [-0.4, -0.2) is 48.6 Å². The van der Waals surface area contributed by atoms with Gasteiger partial charge in [-0.25, -0.2) is 13.2 Å². The Morgan fingerprint density at radius 3 is 2.41 bits per heavy atom. The lowest BCUT2D eigenvalue weighted by Gasteiger charge is -2.05. The average molecular weight is 440 g/mol. The molecule has 8 heteroatoms. The summed E-state index contributed by atoms with van der Waals surface area (Å²) in [5.74, 6) is -1.04. The Morgan fingerprint density at radius 1 is 1.27 bits per heavy atom. The topological polar surface area (TPSA) is 89.9 Å². The zero-order valence-electron chi connectivity index (χ0n) is 12.0. The number of ether oxygens (including phenoxy) is 1. The van der Waals surface area contributed by atoms with Crippen LogP contribution in [0.5, 0.6) is 0 Å². The first kappa shape index (κ1) is 17.5. The number of halogens is 1. The van der Waals surface area contributed by atoms with E-state index in [0.717, 1.165) is 0 Å². The van der Waals surface area contributed by atoms with Crippen molar-refractivity contribution in [2.45, 2.75) is 23.0 Å². The van der Waals surface area contributed by atoms with Crippen LogP contribution in [0.1, 0.15) is 18.4 Å². The molecule has 1 fully saturated rings. The Labute approximate surface area is 139 Å². The summed E-state index contributed by atoms with van der Waals surface area (Å²) >= 11 is -1.12. The molecule has 1 aliphatic carbocycles. The van der Waals surface area contributed by atoms with Gasteiger partial charge in [0.25, 0.3) is 0 Å². The van der Waals surface area contributed by atoms with Crippen molar-refractivity contribution in [3.63, 3.8) is 0 Å². The number of methoxy groups -OCH3 is 1. The summed E-state index contributed by atoms with van der Waals surface area (Å²) in [7, 11) is -1.70. The monoisotopic (exact) mass is 440 g/mol. The van der Waals surface area contributed by atoms with Crippen LogP contribution in [0.3, 0.4) is 0 Å². The summed E-state index contributed by atoms with van der Waals surface area (Å²) in [4.78, 5) is 11.6. The number of hydrogen-bond acceptors (Lipinski definition) is 5. The number of aliphatic carboxylic acids is 1. The van der Waals surface area contributed by atoms with Crippen LogP contribution in [0.25, 0.3) is 0 Å². The van der Waals surface area contributed by atoms with Crippen molar-refractivity contribution in [2.75, 3.05) is 20.3 Å². The van der Waals surface area contributed by atoms with Gasteiger partial charge >= 0.3 is 5.97 Å². The number of hydrogen-bond donors (Lipinski definition) is 1. The Hall–Kier alpha value is -0.840. The fourth-order valence-corrected chi connectivity index (χ4v) is 4.94. The molecule has 22 heavy (non-hydrogen) atoms. The molecule has 0 aliphatic heterocycles. The first-order chi connectivity index (χ1) is 10.5. The number of carboxylic acids is 1. The zero-order valence-corrected chi connectivity index (χ0v) is 15.0.